The van der Waals surface area contributed by atoms with Crippen LogP contribution >= 0.6 is 0 Å². The number of carbonyl (C=O) groups is 3. The first-order valence-electron chi connectivity index (χ1n) is 12.4. The molecular weight excluding hydrogens is 556 g/mol. The monoisotopic (exact) mass is 586 g/mol. The molecule has 0 heterocycles. The van der Waals surface area contributed by atoms with Crippen LogP contribution in [0.15, 0.2) is 48.5 Å². The number of benzene rings is 3. The number of aliphatic hydroxyl groups excluding tert-OH is 1. The summed E-state index contributed by atoms with van der Waals surface area (Å²) in [6.07, 6.45) is -4.32. The van der Waals surface area contributed by atoms with Gasteiger partial charge in [-0.25, -0.2) is 9.59 Å². The van der Waals surface area contributed by atoms with Crippen LogP contribution in [0.1, 0.15) is 34.6 Å². The van der Waals surface area contributed by atoms with Gasteiger partial charge in [0.25, 0.3) is 0 Å². The Hall–Kier alpha value is -5.17. The number of phenols is 6. The summed E-state index contributed by atoms with van der Waals surface area (Å²) in [5.74, 6) is -6.95. The molecule has 0 aliphatic heterocycles. The van der Waals surface area contributed by atoms with Crippen LogP contribution in [0.25, 0.3) is 0 Å². The van der Waals surface area contributed by atoms with E-state index >= 15 is 0 Å². The van der Waals surface area contributed by atoms with Crippen molar-refractivity contribution in [2.24, 2.45) is 0 Å². The molecule has 0 unspecified atom stereocenters. The summed E-state index contributed by atoms with van der Waals surface area (Å²) < 4.78 is 14.7. The van der Waals surface area contributed by atoms with E-state index in [1.165, 1.54) is 24.3 Å². The number of phenolic OH excluding ortho intramolecular Hbond substituents is 6. The molecule has 42 heavy (non-hydrogen) atoms. The predicted octanol–water partition coefficient (Wildman–Crippen LogP) is 1.85. The normalized spacial score (nSPS) is 13.0. The number of carbonyl (C=O) groups excluding carboxylic acids is 3. The minimum absolute atomic E-state index is 0.123. The Kier molecular flexibility index (Phi) is 10.0. The van der Waals surface area contributed by atoms with Gasteiger partial charge in [-0.3, -0.25) is 4.79 Å². The maximum atomic E-state index is 13.3. The summed E-state index contributed by atoms with van der Waals surface area (Å²) in [5.41, 5.74) is 0.807. The van der Waals surface area contributed by atoms with Crippen LogP contribution in [0.5, 0.6) is 34.5 Å². The summed E-state index contributed by atoms with van der Waals surface area (Å²) in [6, 6.07) is 9.63. The van der Waals surface area contributed by atoms with E-state index in [1.807, 2.05) is 0 Å². The first-order chi connectivity index (χ1) is 19.8. The summed E-state index contributed by atoms with van der Waals surface area (Å²) in [4.78, 5) is 37.6. The Labute approximate surface area is 239 Å². The number of ether oxygens (including phenoxy) is 3. The van der Waals surface area contributed by atoms with Gasteiger partial charge in [0.05, 0.1) is 20.6 Å². The molecule has 0 aliphatic carbocycles. The van der Waals surface area contributed by atoms with Crippen molar-refractivity contribution in [1.29, 1.82) is 0 Å². The van der Waals surface area contributed by atoms with Crippen molar-refractivity contribution >= 4 is 17.9 Å². The van der Waals surface area contributed by atoms with E-state index in [1.54, 1.807) is 0 Å². The van der Waals surface area contributed by atoms with Crippen molar-refractivity contribution in [2.45, 2.75) is 37.4 Å². The maximum absolute atomic E-state index is 13.3. The topological polar surface area (TPSA) is 221 Å². The van der Waals surface area contributed by atoms with E-state index in [-0.39, 0.29) is 23.1 Å². The van der Waals surface area contributed by atoms with Gasteiger partial charge >= 0.3 is 17.9 Å². The molecule has 0 aromatic heterocycles. The molecule has 0 fully saturated rings. The molecule has 0 saturated heterocycles. The van der Waals surface area contributed by atoms with Gasteiger partial charge in [-0.05, 0) is 58.7 Å². The van der Waals surface area contributed by atoms with Crippen LogP contribution < -0.4 is 0 Å². The Morgan fingerprint density at radius 2 is 1.26 bits per heavy atom. The molecule has 13 heteroatoms. The highest BCUT2D eigenvalue weighted by Gasteiger charge is 2.30. The van der Waals surface area contributed by atoms with E-state index in [0.29, 0.717) is 5.56 Å². The van der Waals surface area contributed by atoms with E-state index < -0.39 is 83.4 Å². The second-order valence-corrected chi connectivity index (χ2v) is 9.32. The smallest absolute Gasteiger partial charge is 0.347 e. The third kappa shape index (κ3) is 7.52. The number of rotatable bonds is 11. The highest BCUT2D eigenvalue weighted by atomic mass is 16.6. The molecule has 13 nitrogen and oxygen atoms in total. The maximum Gasteiger partial charge on any atom is 0.347 e. The molecule has 0 radical (unpaired) electrons. The van der Waals surface area contributed by atoms with Gasteiger partial charge in [-0.15, -0.1) is 0 Å². The van der Waals surface area contributed by atoms with Gasteiger partial charge in [0.2, 0.25) is 6.10 Å². The number of hydrogen-bond donors (Lipinski definition) is 7. The lowest BCUT2D eigenvalue weighted by Gasteiger charge is -2.24. The van der Waals surface area contributed by atoms with Gasteiger partial charge in [0.15, 0.2) is 40.6 Å². The van der Waals surface area contributed by atoms with Crippen LogP contribution in [0.3, 0.4) is 0 Å². The van der Waals surface area contributed by atoms with Crippen molar-refractivity contribution in [3.05, 3.63) is 70.8 Å². The number of esters is 3. The number of aromatic hydroxyl groups is 6. The Balaban J connectivity index is 2.02. The van der Waals surface area contributed by atoms with E-state index in [9.17, 15) is 50.1 Å². The fourth-order valence-electron chi connectivity index (χ4n) is 4.32. The van der Waals surface area contributed by atoms with Crippen molar-refractivity contribution in [3.63, 3.8) is 0 Å². The summed E-state index contributed by atoms with van der Waals surface area (Å²) in [5, 5.41) is 70.0. The standard InChI is InChI=1S/C29H30O13/c1-40-28(38)25(36)11-16-10-23(34)24(35)12-17(16)18(15-4-6-20(31)22(33)9-15)13-27(37)42-26(29(39)41-2)8-14-3-5-19(30)21(32)7-14/h3-7,9-10,12,18,25-26,30-36H,8,11,13H2,1-2H3/t18-,25-,26+/m1/s1. The summed E-state index contributed by atoms with van der Waals surface area (Å²) >= 11 is 0. The van der Waals surface area contributed by atoms with Gasteiger partial charge in [-0.2, -0.15) is 0 Å². The average Bonchev–Trinajstić information content (AvgIpc) is 2.95. The van der Waals surface area contributed by atoms with E-state index in [0.717, 1.165) is 38.5 Å². The van der Waals surface area contributed by atoms with Crippen molar-refractivity contribution in [3.8, 4) is 34.5 Å². The van der Waals surface area contributed by atoms with Crippen molar-refractivity contribution in [2.75, 3.05) is 14.2 Å². The van der Waals surface area contributed by atoms with Crippen LogP contribution in [0, 0.1) is 0 Å². The van der Waals surface area contributed by atoms with Crippen LogP contribution in [0.2, 0.25) is 0 Å². The molecule has 0 bridgehead atoms. The minimum Gasteiger partial charge on any atom is -0.504 e. The molecule has 7 N–H and O–H groups in total. The molecule has 0 amide bonds. The molecule has 3 aromatic carbocycles. The Bertz CT molecular complexity index is 1470. The Morgan fingerprint density at radius 1 is 0.690 bits per heavy atom. The number of aliphatic hydroxyl groups is 1. The molecule has 0 aliphatic rings. The second-order valence-electron chi connectivity index (χ2n) is 9.32. The highest BCUT2D eigenvalue weighted by molar-refractivity contribution is 5.80. The zero-order valence-corrected chi connectivity index (χ0v) is 22.6. The lowest BCUT2D eigenvalue weighted by atomic mass is 9.83. The average molecular weight is 587 g/mol. The molecule has 0 spiro atoms. The summed E-state index contributed by atoms with van der Waals surface area (Å²) in [7, 11) is 2.15. The lowest BCUT2D eigenvalue weighted by molar-refractivity contribution is -0.166. The second kappa shape index (κ2) is 13.5. The molecule has 0 saturated carbocycles. The fraction of sp³-hybridized carbons (Fsp3) is 0.276. The minimum atomic E-state index is -1.68. The van der Waals surface area contributed by atoms with E-state index in [4.69, 9.17) is 9.47 Å². The SMILES string of the molecule is COC(=O)[C@H](O)Cc1cc(O)c(O)cc1[C@H](CC(=O)O[C@@H](Cc1ccc(O)c(O)c1)C(=O)OC)c1ccc(O)c(O)c1. The Morgan fingerprint density at radius 3 is 1.86 bits per heavy atom. The third-order valence-electron chi connectivity index (χ3n) is 6.47. The predicted molar refractivity (Wildman–Crippen MR) is 143 cm³/mol. The molecule has 224 valence electrons. The van der Waals surface area contributed by atoms with Crippen molar-refractivity contribution in [1.82, 2.24) is 0 Å². The van der Waals surface area contributed by atoms with Gasteiger partial charge in [0, 0.05) is 18.8 Å². The lowest BCUT2D eigenvalue weighted by Crippen LogP contribution is -2.31. The first-order valence-corrected chi connectivity index (χ1v) is 12.4. The van der Waals surface area contributed by atoms with Crippen LogP contribution in [0.4, 0.5) is 0 Å². The number of methoxy groups -OCH3 is 2. The zero-order valence-electron chi connectivity index (χ0n) is 22.6. The zero-order chi connectivity index (χ0) is 31.1. The molecule has 3 atom stereocenters. The van der Waals surface area contributed by atoms with E-state index in [2.05, 4.69) is 4.74 Å². The molecule has 3 aromatic rings. The van der Waals surface area contributed by atoms with Crippen molar-refractivity contribution < 1.29 is 64.3 Å². The largest absolute Gasteiger partial charge is 0.504 e. The van der Waals surface area contributed by atoms with Gasteiger partial charge in [-0.1, -0.05) is 12.1 Å². The van der Waals surface area contributed by atoms with Crippen LogP contribution in [-0.4, -0.2) is 80.1 Å². The molecule has 3 rings (SSSR count). The highest BCUT2D eigenvalue weighted by Crippen LogP contribution is 2.40. The first kappa shape index (κ1) is 31.4. The van der Waals surface area contributed by atoms with Gasteiger partial charge < -0.3 is 50.0 Å². The van der Waals surface area contributed by atoms with Crippen LogP contribution in [-0.2, 0) is 41.4 Å². The molecular formula is C29H30O13. The third-order valence-corrected chi connectivity index (χ3v) is 6.47. The number of hydrogen-bond acceptors (Lipinski definition) is 13. The summed E-state index contributed by atoms with van der Waals surface area (Å²) in [6.45, 7) is 0. The quantitative estimate of drug-likeness (QED) is 0.0970. The van der Waals surface area contributed by atoms with Gasteiger partial charge in [0.1, 0.15) is 0 Å². The fourth-order valence-corrected chi connectivity index (χ4v) is 4.32.